The lowest BCUT2D eigenvalue weighted by atomic mass is 10.3. The van der Waals surface area contributed by atoms with E-state index in [1.165, 1.54) is 6.92 Å². The minimum atomic E-state index is -4.08. The number of aryl methyl sites for hydroxylation is 1. The lowest BCUT2D eigenvalue weighted by Gasteiger charge is -2.08. The second-order valence-electron chi connectivity index (χ2n) is 3.69. The fourth-order valence-corrected chi connectivity index (χ4v) is 4.51. The zero-order chi connectivity index (χ0) is 15.1. The molecule has 1 aromatic carbocycles. The van der Waals surface area contributed by atoms with Gasteiger partial charge in [0.25, 0.3) is 10.0 Å². The minimum Gasteiger partial charge on any atom is -0.276 e. The van der Waals surface area contributed by atoms with Gasteiger partial charge in [0.1, 0.15) is 11.6 Å². The van der Waals surface area contributed by atoms with Gasteiger partial charge in [-0.2, -0.15) is 0 Å². The molecule has 0 bridgehead atoms. The number of sulfonamides is 1. The van der Waals surface area contributed by atoms with Crippen LogP contribution in [0, 0.1) is 18.6 Å². The van der Waals surface area contributed by atoms with Gasteiger partial charge in [0.05, 0.1) is 15.9 Å². The zero-order valence-electron chi connectivity index (χ0n) is 9.75. The van der Waals surface area contributed by atoms with Crippen molar-refractivity contribution in [2.24, 2.45) is 0 Å². The predicted octanol–water partition coefficient (Wildman–Crippen LogP) is 3.95. The summed E-state index contributed by atoms with van der Waals surface area (Å²) in [6.07, 6.45) is 0. The number of benzene rings is 1. The first kappa shape index (κ1) is 15.6. The van der Waals surface area contributed by atoms with Crippen LogP contribution in [-0.4, -0.2) is 13.4 Å². The molecule has 0 spiro atoms. The smallest absolute Gasteiger partial charge is 0.273 e. The van der Waals surface area contributed by atoms with Crippen LogP contribution >= 0.6 is 38.9 Å². The molecule has 0 atom stereocenters. The number of nitrogens with one attached hydrogen (secondary N) is 1. The van der Waals surface area contributed by atoms with Crippen LogP contribution in [0.3, 0.4) is 0 Å². The minimum absolute atomic E-state index is 0.0466. The molecular weight excluding hydrogens is 398 g/mol. The van der Waals surface area contributed by atoms with E-state index in [2.05, 4.69) is 20.9 Å². The normalized spacial score (nSPS) is 11.7. The molecule has 20 heavy (non-hydrogen) atoms. The summed E-state index contributed by atoms with van der Waals surface area (Å²) in [5.74, 6) is -1.70. The Morgan fingerprint density at radius 2 is 2.00 bits per heavy atom. The summed E-state index contributed by atoms with van der Waals surface area (Å²) in [6.45, 7) is 1.45. The van der Waals surface area contributed by atoms with Crippen molar-refractivity contribution < 1.29 is 17.2 Å². The average molecular weight is 404 g/mol. The third-order valence-corrected chi connectivity index (χ3v) is 6.07. The van der Waals surface area contributed by atoms with Gasteiger partial charge in [-0.3, -0.25) is 4.72 Å². The Hall–Kier alpha value is -0.770. The maximum absolute atomic E-state index is 13.6. The summed E-state index contributed by atoms with van der Waals surface area (Å²) in [5, 5.41) is 0. The Bertz CT molecular complexity index is 780. The zero-order valence-corrected chi connectivity index (χ0v) is 13.7. The number of hydrogen-bond donors (Lipinski definition) is 1. The van der Waals surface area contributed by atoms with Crippen molar-refractivity contribution in [3.05, 3.63) is 38.4 Å². The molecule has 1 N–H and O–H groups in total. The van der Waals surface area contributed by atoms with Gasteiger partial charge in [0, 0.05) is 6.07 Å². The predicted molar refractivity (Wildman–Crippen MR) is 76.7 cm³/mol. The number of rotatable bonds is 3. The Kier molecular flexibility index (Phi) is 4.33. The lowest BCUT2D eigenvalue weighted by Crippen LogP contribution is -2.14. The molecule has 0 aliphatic heterocycles. The van der Waals surface area contributed by atoms with E-state index in [1.807, 2.05) is 4.72 Å². The van der Waals surface area contributed by atoms with Gasteiger partial charge in [-0.25, -0.2) is 22.2 Å². The number of halogens is 4. The van der Waals surface area contributed by atoms with Crippen molar-refractivity contribution in [3.8, 4) is 0 Å². The molecule has 0 amide bonds. The van der Waals surface area contributed by atoms with Gasteiger partial charge >= 0.3 is 0 Å². The van der Waals surface area contributed by atoms with Crippen molar-refractivity contribution in [2.75, 3.05) is 4.72 Å². The summed E-state index contributed by atoms with van der Waals surface area (Å²) in [5.41, 5.74) is -0.305. The molecule has 2 rings (SSSR count). The molecule has 0 saturated carbocycles. The molecular formula is C10H6BrClF2N2O2S2. The third kappa shape index (κ3) is 3.11. The highest BCUT2D eigenvalue weighted by atomic mass is 79.9. The molecule has 1 heterocycles. The van der Waals surface area contributed by atoms with Crippen LogP contribution in [0.2, 0.25) is 4.47 Å². The third-order valence-electron chi connectivity index (χ3n) is 2.23. The van der Waals surface area contributed by atoms with Gasteiger partial charge in [0.2, 0.25) is 0 Å². The van der Waals surface area contributed by atoms with E-state index in [9.17, 15) is 17.2 Å². The Morgan fingerprint density at radius 3 is 2.55 bits per heavy atom. The van der Waals surface area contributed by atoms with Crippen LogP contribution in [0.1, 0.15) is 5.69 Å². The lowest BCUT2D eigenvalue weighted by molar-refractivity contribution is 0.592. The van der Waals surface area contributed by atoms with Gasteiger partial charge < -0.3 is 0 Å². The molecule has 108 valence electrons. The summed E-state index contributed by atoms with van der Waals surface area (Å²) in [4.78, 5) is 3.76. The maximum atomic E-state index is 13.6. The van der Waals surface area contributed by atoms with Crippen LogP contribution in [0.5, 0.6) is 0 Å². The first-order valence-corrected chi connectivity index (χ1v) is 8.48. The SMILES string of the molecule is Cc1nc(Cl)sc1S(=O)(=O)Nc1cc(F)c(Br)cc1F. The molecule has 1 aromatic heterocycles. The Labute approximate surface area is 131 Å². The molecule has 0 saturated heterocycles. The quantitative estimate of drug-likeness (QED) is 0.790. The van der Waals surface area contributed by atoms with Crippen molar-refractivity contribution in [1.82, 2.24) is 4.98 Å². The van der Waals surface area contributed by atoms with Crippen molar-refractivity contribution in [2.45, 2.75) is 11.1 Å². The highest BCUT2D eigenvalue weighted by Gasteiger charge is 2.23. The molecule has 10 heteroatoms. The molecule has 0 aliphatic carbocycles. The van der Waals surface area contributed by atoms with Gasteiger partial charge in [-0.1, -0.05) is 22.9 Å². The van der Waals surface area contributed by atoms with E-state index in [0.29, 0.717) is 0 Å². The largest absolute Gasteiger partial charge is 0.276 e. The van der Waals surface area contributed by atoms with Gasteiger partial charge in [0.15, 0.2) is 8.68 Å². The monoisotopic (exact) mass is 402 g/mol. The van der Waals surface area contributed by atoms with E-state index < -0.39 is 27.3 Å². The van der Waals surface area contributed by atoms with Crippen LogP contribution in [0.4, 0.5) is 14.5 Å². The fraction of sp³-hybridized carbons (Fsp3) is 0.100. The van der Waals surface area contributed by atoms with Gasteiger partial charge in [-0.05, 0) is 28.9 Å². The molecule has 4 nitrogen and oxygen atoms in total. The number of thiazole rings is 1. The number of hydrogen-bond acceptors (Lipinski definition) is 4. The second kappa shape index (κ2) is 5.55. The second-order valence-corrected chi connectivity index (χ2v) is 8.00. The van der Waals surface area contributed by atoms with Crippen LogP contribution in [0.15, 0.2) is 20.8 Å². The number of nitrogens with zero attached hydrogens (tertiary/aromatic N) is 1. The Morgan fingerprint density at radius 1 is 1.35 bits per heavy atom. The number of anilines is 1. The first-order chi connectivity index (χ1) is 9.20. The first-order valence-electron chi connectivity index (χ1n) is 5.01. The Balaban J connectivity index is 2.43. The van der Waals surface area contributed by atoms with E-state index in [4.69, 9.17) is 11.6 Å². The molecule has 0 aliphatic rings. The molecule has 0 fully saturated rings. The van der Waals surface area contributed by atoms with E-state index in [-0.39, 0.29) is 18.8 Å². The average Bonchev–Trinajstić information content (AvgIpc) is 2.66. The highest BCUT2D eigenvalue weighted by Crippen LogP contribution is 2.30. The van der Waals surface area contributed by atoms with Crippen molar-refractivity contribution >= 4 is 54.6 Å². The van der Waals surface area contributed by atoms with E-state index >= 15 is 0 Å². The fourth-order valence-electron chi connectivity index (χ4n) is 1.39. The van der Waals surface area contributed by atoms with Gasteiger partial charge in [-0.15, -0.1) is 0 Å². The van der Waals surface area contributed by atoms with Crippen LogP contribution < -0.4 is 4.72 Å². The van der Waals surface area contributed by atoms with Crippen molar-refractivity contribution in [1.29, 1.82) is 0 Å². The van der Waals surface area contributed by atoms with Crippen LogP contribution in [0.25, 0.3) is 0 Å². The van der Waals surface area contributed by atoms with E-state index in [0.717, 1.165) is 23.5 Å². The van der Waals surface area contributed by atoms with Crippen molar-refractivity contribution in [3.63, 3.8) is 0 Å². The summed E-state index contributed by atoms with van der Waals surface area (Å²) < 4.78 is 52.9. The summed E-state index contributed by atoms with van der Waals surface area (Å²) in [7, 11) is -4.08. The standard InChI is InChI=1S/C10H6BrClF2N2O2S2/c1-4-9(19-10(12)15-4)20(17,18)16-8-3-6(13)5(11)2-7(8)14/h2-3,16H,1H3. The number of aromatic nitrogens is 1. The summed E-state index contributed by atoms with van der Waals surface area (Å²) >= 11 is 9.16. The highest BCUT2D eigenvalue weighted by molar-refractivity contribution is 9.10. The van der Waals surface area contributed by atoms with Crippen LogP contribution in [-0.2, 0) is 10.0 Å². The molecule has 0 unspecified atom stereocenters. The molecule has 0 radical (unpaired) electrons. The topological polar surface area (TPSA) is 59.1 Å². The van der Waals surface area contributed by atoms with E-state index in [1.54, 1.807) is 0 Å². The molecule has 2 aromatic rings. The maximum Gasteiger partial charge on any atom is 0.273 e. The summed E-state index contributed by atoms with van der Waals surface area (Å²) in [6, 6.07) is 1.58.